The number of nitrogens with one attached hydrogen (secondary N) is 2. The molecule has 12 heteroatoms. The number of unbranched alkanes of at least 4 members (excludes halogenated alkanes) is 1. The molecule has 0 aromatic heterocycles. The molecule has 0 saturated heterocycles. The molecule has 2 aliphatic rings. The third-order valence-electron chi connectivity index (χ3n) is 9.06. The Morgan fingerprint density at radius 2 is 1.58 bits per heavy atom. The second-order valence-electron chi connectivity index (χ2n) is 15.3. The number of hydrogen-bond acceptors (Lipinski definition) is 9. The minimum Gasteiger partial charge on any atom is -0.511 e. The number of aliphatic imine (C=N–C) groups is 1. The van der Waals surface area contributed by atoms with Crippen LogP contribution in [0.4, 0.5) is 4.79 Å². The SMILES string of the molecule is CC(=N[C@@H](CCCCNC(=O)OCC1c2ccccc2-c2ccccc21)C(=O)N[C@@H](CCC(=O)OC(C)(C)C)C(=O)O)C1=C(O)CC(C)(C)CC1=O. The lowest BCUT2D eigenvalue weighted by molar-refractivity contribution is -0.155. The molecule has 2 aromatic carbocycles. The van der Waals surface area contributed by atoms with Gasteiger partial charge in [0.15, 0.2) is 5.78 Å². The van der Waals surface area contributed by atoms with Crippen LogP contribution in [-0.4, -0.2) is 76.5 Å². The first-order chi connectivity index (χ1) is 24.5. The fraction of sp³-hybridized carbons (Fsp3) is 0.500. The third-order valence-corrected chi connectivity index (χ3v) is 9.06. The second kappa shape index (κ2) is 17.0. The van der Waals surface area contributed by atoms with Crippen molar-refractivity contribution in [2.24, 2.45) is 10.4 Å². The van der Waals surface area contributed by atoms with Crippen molar-refractivity contribution < 1.29 is 43.7 Å². The van der Waals surface area contributed by atoms with Crippen LogP contribution in [0.2, 0.25) is 0 Å². The second-order valence-corrected chi connectivity index (χ2v) is 15.3. The molecule has 0 heterocycles. The Hall–Kier alpha value is -5.00. The van der Waals surface area contributed by atoms with Crippen LogP contribution in [0.25, 0.3) is 11.1 Å². The largest absolute Gasteiger partial charge is 0.511 e. The number of hydrogen-bond donors (Lipinski definition) is 4. The highest BCUT2D eigenvalue weighted by Crippen LogP contribution is 2.44. The van der Waals surface area contributed by atoms with Crippen LogP contribution >= 0.6 is 0 Å². The van der Waals surface area contributed by atoms with Crippen molar-refractivity contribution in [2.75, 3.05) is 13.2 Å². The van der Waals surface area contributed by atoms with Gasteiger partial charge in [-0.15, -0.1) is 0 Å². The van der Waals surface area contributed by atoms with Crippen molar-refractivity contribution in [3.05, 3.63) is 71.0 Å². The number of carbonyl (C=O) groups excluding carboxylic acids is 4. The first-order valence-corrected chi connectivity index (χ1v) is 17.8. The molecule has 4 rings (SSSR count). The summed E-state index contributed by atoms with van der Waals surface area (Å²) in [6, 6.07) is 13.6. The molecule has 12 nitrogen and oxygen atoms in total. The van der Waals surface area contributed by atoms with Gasteiger partial charge < -0.3 is 30.3 Å². The van der Waals surface area contributed by atoms with Crippen LogP contribution in [0.15, 0.2) is 64.9 Å². The number of nitrogens with zero attached hydrogens (tertiary/aromatic N) is 1. The predicted molar refractivity (Wildman–Crippen MR) is 196 cm³/mol. The number of ketones is 1. The van der Waals surface area contributed by atoms with E-state index in [1.165, 1.54) is 6.92 Å². The molecule has 0 saturated carbocycles. The van der Waals surface area contributed by atoms with Gasteiger partial charge in [-0.25, -0.2) is 9.59 Å². The molecule has 52 heavy (non-hydrogen) atoms. The summed E-state index contributed by atoms with van der Waals surface area (Å²) in [6.07, 6.45) is 0.477. The molecule has 2 amide bonds. The standard InChI is InChI=1S/C40H51N3O9/c1-24(35-32(44)21-40(5,6)22-33(35)45)42-30(36(47)43-31(37(48)49)18-19-34(46)52-39(2,3)4)17-11-12-20-41-38(50)51-23-29-27-15-9-7-13-25(27)26-14-8-10-16-28(26)29/h7-10,13-16,29-31,44H,11-12,17-23H2,1-6H3,(H,41,50)(H,43,47)(H,48,49)/t30-,31-/m0/s1. The summed E-state index contributed by atoms with van der Waals surface area (Å²) in [7, 11) is 0. The number of aliphatic carboxylic acids is 1. The highest BCUT2D eigenvalue weighted by atomic mass is 16.6. The van der Waals surface area contributed by atoms with E-state index in [0.717, 1.165) is 22.3 Å². The van der Waals surface area contributed by atoms with E-state index in [-0.39, 0.29) is 74.0 Å². The Morgan fingerprint density at radius 3 is 2.15 bits per heavy atom. The van der Waals surface area contributed by atoms with Crippen LogP contribution in [0.5, 0.6) is 0 Å². The lowest BCUT2D eigenvalue weighted by Gasteiger charge is -2.29. The summed E-state index contributed by atoms with van der Waals surface area (Å²) in [5.41, 5.74) is 3.54. The maximum absolute atomic E-state index is 13.5. The van der Waals surface area contributed by atoms with E-state index < -0.39 is 47.0 Å². The van der Waals surface area contributed by atoms with Gasteiger partial charge in [0.2, 0.25) is 5.91 Å². The number of Topliss-reactive ketones (excluding diaryl/α,β-unsaturated/α-hetero) is 1. The average Bonchev–Trinajstić information content (AvgIpc) is 3.36. The number of allylic oxidation sites excluding steroid dienone is 2. The molecule has 2 aliphatic carbocycles. The zero-order valence-corrected chi connectivity index (χ0v) is 30.9. The zero-order chi connectivity index (χ0) is 38.2. The van der Waals surface area contributed by atoms with Crippen molar-refractivity contribution >= 4 is 35.4 Å². The highest BCUT2D eigenvalue weighted by molar-refractivity contribution is 6.22. The topological polar surface area (TPSA) is 181 Å². The normalized spacial score (nSPS) is 16.7. The number of rotatable bonds is 15. The molecule has 280 valence electrons. The van der Waals surface area contributed by atoms with E-state index in [1.807, 2.05) is 50.2 Å². The summed E-state index contributed by atoms with van der Waals surface area (Å²) < 4.78 is 10.9. The highest BCUT2D eigenvalue weighted by Gasteiger charge is 2.35. The van der Waals surface area contributed by atoms with Gasteiger partial charge in [0, 0.05) is 37.4 Å². The van der Waals surface area contributed by atoms with Crippen molar-refractivity contribution in [3.8, 4) is 11.1 Å². The molecule has 2 aromatic rings. The van der Waals surface area contributed by atoms with Gasteiger partial charge in [-0.05, 0) is 81.0 Å². The molecule has 0 fully saturated rings. The first-order valence-electron chi connectivity index (χ1n) is 17.8. The van der Waals surface area contributed by atoms with E-state index in [0.29, 0.717) is 12.8 Å². The Kier molecular flexibility index (Phi) is 13.0. The zero-order valence-electron chi connectivity index (χ0n) is 30.9. The van der Waals surface area contributed by atoms with Crippen LogP contribution in [0.3, 0.4) is 0 Å². The van der Waals surface area contributed by atoms with Crippen LogP contribution in [-0.2, 0) is 28.7 Å². The number of carboxylic acids is 1. The number of alkyl carbamates (subject to hydrolysis) is 1. The molecule has 0 spiro atoms. The molecule has 2 atom stereocenters. The number of aliphatic hydroxyl groups is 1. The lowest BCUT2D eigenvalue weighted by Crippen LogP contribution is -2.45. The molecule has 0 bridgehead atoms. The van der Waals surface area contributed by atoms with E-state index >= 15 is 0 Å². The van der Waals surface area contributed by atoms with Crippen molar-refractivity contribution in [2.45, 2.75) is 110 Å². The number of ether oxygens (including phenoxy) is 2. The number of benzene rings is 2. The van der Waals surface area contributed by atoms with E-state index in [2.05, 4.69) is 27.8 Å². The maximum Gasteiger partial charge on any atom is 0.407 e. The van der Waals surface area contributed by atoms with Crippen LogP contribution < -0.4 is 10.6 Å². The average molecular weight is 718 g/mol. The minimum atomic E-state index is -1.39. The summed E-state index contributed by atoms with van der Waals surface area (Å²) in [6.45, 7) is 10.8. The fourth-order valence-electron chi connectivity index (χ4n) is 6.73. The number of carboxylic acid groups (broad SMARTS) is 1. The third kappa shape index (κ3) is 10.8. The number of amides is 2. The van der Waals surface area contributed by atoms with Gasteiger partial charge in [0.25, 0.3) is 0 Å². The quantitative estimate of drug-likeness (QED) is 0.0919. The van der Waals surface area contributed by atoms with Crippen molar-refractivity contribution in [3.63, 3.8) is 0 Å². The summed E-state index contributed by atoms with van der Waals surface area (Å²) in [4.78, 5) is 68.0. The number of esters is 1. The molecular formula is C40H51N3O9. The van der Waals surface area contributed by atoms with Crippen molar-refractivity contribution in [1.29, 1.82) is 0 Å². The summed E-state index contributed by atoms with van der Waals surface area (Å²) in [5.74, 6) is -3.09. The summed E-state index contributed by atoms with van der Waals surface area (Å²) in [5, 5.41) is 25.8. The van der Waals surface area contributed by atoms with Crippen LogP contribution in [0, 0.1) is 5.41 Å². The van der Waals surface area contributed by atoms with E-state index in [4.69, 9.17) is 9.47 Å². The van der Waals surface area contributed by atoms with E-state index in [1.54, 1.807) is 20.8 Å². The van der Waals surface area contributed by atoms with Crippen LogP contribution in [0.1, 0.15) is 104 Å². The van der Waals surface area contributed by atoms with Gasteiger partial charge in [0.1, 0.15) is 30.1 Å². The van der Waals surface area contributed by atoms with E-state index in [9.17, 15) is 34.2 Å². The lowest BCUT2D eigenvalue weighted by atomic mass is 9.75. The van der Waals surface area contributed by atoms with Gasteiger partial charge in [-0.2, -0.15) is 0 Å². The van der Waals surface area contributed by atoms with Gasteiger partial charge >= 0.3 is 18.0 Å². The maximum atomic E-state index is 13.5. The smallest absolute Gasteiger partial charge is 0.407 e. The molecule has 0 aliphatic heterocycles. The molecule has 0 unspecified atom stereocenters. The molecular weight excluding hydrogens is 666 g/mol. The summed E-state index contributed by atoms with van der Waals surface area (Å²) >= 11 is 0. The van der Waals surface area contributed by atoms with Crippen molar-refractivity contribution in [1.82, 2.24) is 10.6 Å². The van der Waals surface area contributed by atoms with Gasteiger partial charge in [0.05, 0.1) is 5.57 Å². The molecule has 0 radical (unpaired) electrons. The minimum absolute atomic E-state index is 0.0637. The predicted octanol–water partition coefficient (Wildman–Crippen LogP) is 6.42. The molecule has 4 N–H and O–H groups in total. The Morgan fingerprint density at radius 1 is 0.962 bits per heavy atom. The number of aliphatic hydroxyl groups excluding tert-OH is 1. The fourth-order valence-corrected chi connectivity index (χ4v) is 6.73. The first kappa shape index (κ1) is 39.8. The number of carbonyl (C=O) groups is 5. The van der Waals surface area contributed by atoms with Gasteiger partial charge in [-0.1, -0.05) is 62.4 Å². The Labute approximate surface area is 305 Å². The van der Waals surface area contributed by atoms with Gasteiger partial charge in [-0.3, -0.25) is 19.4 Å². The Bertz CT molecular complexity index is 1690. The number of fused-ring (bicyclic) bond motifs is 3. The Balaban J connectivity index is 1.37. The monoisotopic (exact) mass is 717 g/mol.